The summed E-state index contributed by atoms with van der Waals surface area (Å²) in [5.41, 5.74) is 2.84. The van der Waals surface area contributed by atoms with E-state index in [0.717, 1.165) is 23.4 Å². The largest absolute Gasteiger partial charge is 0.491 e. The van der Waals surface area contributed by atoms with Crippen LogP contribution in [0.1, 0.15) is 28.4 Å². The van der Waals surface area contributed by atoms with Crippen LogP contribution in [0.4, 0.5) is 0 Å². The first kappa shape index (κ1) is 17.7. The van der Waals surface area contributed by atoms with Gasteiger partial charge in [0.2, 0.25) is 0 Å². The van der Waals surface area contributed by atoms with Crippen LogP contribution in [0.3, 0.4) is 0 Å². The Morgan fingerprint density at radius 2 is 1.96 bits per heavy atom. The van der Waals surface area contributed by atoms with Gasteiger partial charge in [-0.2, -0.15) is 0 Å². The monoisotopic (exact) mass is 349 g/mol. The highest BCUT2D eigenvalue weighted by atomic mass is 16.5. The van der Waals surface area contributed by atoms with E-state index in [4.69, 9.17) is 4.74 Å². The van der Waals surface area contributed by atoms with Gasteiger partial charge in [0.25, 0.3) is 5.91 Å². The van der Waals surface area contributed by atoms with E-state index in [1.54, 1.807) is 12.5 Å². The molecule has 0 aliphatic carbocycles. The Hall–Kier alpha value is -3.08. The molecule has 0 aliphatic heterocycles. The topological polar surface area (TPSA) is 56.1 Å². The van der Waals surface area contributed by atoms with Crippen molar-refractivity contribution in [3.8, 4) is 5.75 Å². The van der Waals surface area contributed by atoms with Crippen LogP contribution in [-0.4, -0.2) is 28.1 Å². The molecule has 0 fully saturated rings. The molecule has 1 N–H and O–H groups in total. The number of hydrogen-bond donors (Lipinski definition) is 1. The summed E-state index contributed by atoms with van der Waals surface area (Å²) in [5.74, 6) is 0.748. The number of hydrogen-bond acceptors (Lipinski definition) is 3. The molecule has 0 radical (unpaired) electrons. The Kier molecular flexibility index (Phi) is 5.69. The van der Waals surface area contributed by atoms with Gasteiger partial charge in [0.1, 0.15) is 12.4 Å². The van der Waals surface area contributed by atoms with Crippen LogP contribution < -0.4 is 10.1 Å². The number of aryl methyl sites for hydroxylation is 1. The van der Waals surface area contributed by atoms with E-state index in [2.05, 4.69) is 10.3 Å². The first-order valence-electron chi connectivity index (χ1n) is 8.66. The molecule has 3 rings (SSSR count). The summed E-state index contributed by atoms with van der Waals surface area (Å²) >= 11 is 0. The number of ether oxygens (including phenoxy) is 1. The fourth-order valence-electron chi connectivity index (χ4n) is 2.63. The number of carbonyl (C=O) groups is 1. The zero-order valence-electron chi connectivity index (χ0n) is 15.1. The van der Waals surface area contributed by atoms with Crippen LogP contribution in [0.5, 0.6) is 5.75 Å². The van der Waals surface area contributed by atoms with Gasteiger partial charge in [-0.05, 0) is 43.2 Å². The predicted octanol–water partition coefficient (Wildman–Crippen LogP) is 3.44. The minimum Gasteiger partial charge on any atom is -0.491 e. The summed E-state index contributed by atoms with van der Waals surface area (Å²) < 4.78 is 7.78. The summed E-state index contributed by atoms with van der Waals surface area (Å²) in [6.45, 7) is 5.10. The lowest BCUT2D eigenvalue weighted by molar-refractivity contribution is 0.0926. The first-order chi connectivity index (χ1) is 12.6. The van der Waals surface area contributed by atoms with Crippen LogP contribution >= 0.6 is 0 Å². The van der Waals surface area contributed by atoms with E-state index in [1.807, 2.05) is 73.1 Å². The average Bonchev–Trinajstić information content (AvgIpc) is 3.14. The highest BCUT2D eigenvalue weighted by Gasteiger charge is 2.11. The predicted molar refractivity (Wildman–Crippen MR) is 101 cm³/mol. The molecule has 1 heterocycles. The molecule has 3 aromatic rings. The highest BCUT2D eigenvalue weighted by Crippen LogP contribution is 2.16. The van der Waals surface area contributed by atoms with Gasteiger partial charge in [0.05, 0.1) is 12.4 Å². The number of carbonyl (C=O) groups excluding carboxylic acids is 1. The summed E-state index contributed by atoms with van der Waals surface area (Å²) in [7, 11) is 0. The van der Waals surface area contributed by atoms with Gasteiger partial charge in [-0.3, -0.25) is 4.79 Å². The van der Waals surface area contributed by atoms with Gasteiger partial charge in [-0.1, -0.05) is 30.3 Å². The SMILES string of the molecule is Cc1ccccc1OC[C@H](C)NC(=O)c1ccc(Cn2ccnc2)cc1. The smallest absolute Gasteiger partial charge is 0.251 e. The summed E-state index contributed by atoms with van der Waals surface area (Å²) in [5, 5.41) is 2.97. The van der Waals surface area contributed by atoms with Gasteiger partial charge in [0.15, 0.2) is 0 Å². The lowest BCUT2D eigenvalue weighted by Crippen LogP contribution is -2.36. The van der Waals surface area contributed by atoms with E-state index in [-0.39, 0.29) is 11.9 Å². The zero-order chi connectivity index (χ0) is 18.4. The molecule has 0 bridgehead atoms. The zero-order valence-corrected chi connectivity index (χ0v) is 15.1. The number of nitrogens with zero attached hydrogens (tertiary/aromatic N) is 2. The number of imidazole rings is 1. The van der Waals surface area contributed by atoms with Gasteiger partial charge in [0, 0.05) is 24.5 Å². The second-order valence-electron chi connectivity index (χ2n) is 6.38. The van der Waals surface area contributed by atoms with Crippen LogP contribution in [0, 0.1) is 6.92 Å². The molecule has 1 atom stereocenters. The van der Waals surface area contributed by atoms with Crippen molar-refractivity contribution in [2.45, 2.75) is 26.4 Å². The van der Waals surface area contributed by atoms with E-state index in [1.165, 1.54) is 0 Å². The van der Waals surface area contributed by atoms with Crippen molar-refractivity contribution < 1.29 is 9.53 Å². The molecule has 0 saturated carbocycles. The number of benzene rings is 2. The van der Waals surface area contributed by atoms with Crippen molar-refractivity contribution in [2.75, 3.05) is 6.61 Å². The quantitative estimate of drug-likeness (QED) is 0.711. The fourth-order valence-corrected chi connectivity index (χ4v) is 2.63. The third-order valence-electron chi connectivity index (χ3n) is 4.10. The third-order valence-corrected chi connectivity index (χ3v) is 4.10. The Bertz CT molecular complexity index is 842. The molecule has 2 aromatic carbocycles. The third kappa shape index (κ3) is 4.72. The van der Waals surface area contributed by atoms with Crippen molar-refractivity contribution in [3.05, 3.63) is 83.9 Å². The molecule has 0 unspecified atom stereocenters. The Morgan fingerprint density at radius 1 is 1.19 bits per heavy atom. The maximum atomic E-state index is 12.4. The Morgan fingerprint density at radius 3 is 2.65 bits per heavy atom. The van der Waals surface area contributed by atoms with Gasteiger partial charge in [-0.25, -0.2) is 4.98 Å². The van der Waals surface area contributed by atoms with E-state index in [9.17, 15) is 4.79 Å². The number of aromatic nitrogens is 2. The van der Waals surface area contributed by atoms with Gasteiger partial charge < -0.3 is 14.6 Å². The highest BCUT2D eigenvalue weighted by molar-refractivity contribution is 5.94. The Balaban J connectivity index is 1.51. The van der Waals surface area contributed by atoms with Gasteiger partial charge in [-0.15, -0.1) is 0 Å². The van der Waals surface area contributed by atoms with Crippen LogP contribution in [0.15, 0.2) is 67.3 Å². The molecule has 26 heavy (non-hydrogen) atoms. The molecule has 134 valence electrons. The van der Waals surface area contributed by atoms with E-state index in [0.29, 0.717) is 12.2 Å². The van der Waals surface area contributed by atoms with Crippen molar-refractivity contribution in [1.82, 2.24) is 14.9 Å². The second kappa shape index (κ2) is 8.34. The van der Waals surface area contributed by atoms with Crippen molar-refractivity contribution >= 4 is 5.91 Å². The molecule has 0 aliphatic rings. The average molecular weight is 349 g/mol. The summed E-state index contributed by atoms with van der Waals surface area (Å²) in [4.78, 5) is 16.4. The lowest BCUT2D eigenvalue weighted by Gasteiger charge is -2.16. The van der Waals surface area contributed by atoms with Crippen LogP contribution in [0.2, 0.25) is 0 Å². The normalized spacial score (nSPS) is 11.8. The lowest BCUT2D eigenvalue weighted by atomic mass is 10.1. The minimum absolute atomic E-state index is 0.0901. The number of para-hydroxylation sites is 1. The summed E-state index contributed by atoms with van der Waals surface area (Å²) in [6.07, 6.45) is 5.44. The molecule has 0 saturated heterocycles. The second-order valence-corrected chi connectivity index (χ2v) is 6.38. The molecule has 5 heteroatoms. The van der Waals surface area contributed by atoms with Crippen LogP contribution in [0.25, 0.3) is 0 Å². The molecular weight excluding hydrogens is 326 g/mol. The van der Waals surface area contributed by atoms with Crippen molar-refractivity contribution in [1.29, 1.82) is 0 Å². The maximum Gasteiger partial charge on any atom is 0.251 e. The van der Waals surface area contributed by atoms with E-state index < -0.39 is 0 Å². The fraction of sp³-hybridized carbons (Fsp3) is 0.238. The first-order valence-corrected chi connectivity index (χ1v) is 8.66. The standard InChI is InChI=1S/C21H23N3O2/c1-16-5-3-4-6-20(16)26-14-17(2)23-21(25)19-9-7-18(8-10-19)13-24-12-11-22-15-24/h3-12,15,17H,13-14H2,1-2H3,(H,23,25)/t17-/m0/s1. The molecular formula is C21H23N3O2. The minimum atomic E-state index is -0.0972. The number of nitrogens with one attached hydrogen (secondary N) is 1. The molecule has 1 aromatic heterocycles. The van der Waals surface area contributed by atoms with Crippen molar-refractivity contribution in [2.24, 2.45) is 0 Å². The van der Waals surface area contributed by atoms with Gasteiger partial charge >= 0.3 is 0 Å². The summed E-state index contributed by atoms with van der Waals surface area (Å²) in [6, 6.07) is 15.4. The molecule has 1 amide bonds. The molecule has 5 nitrogen and oxygen atoms in total. The van der Waals surface area contributed by atoms with Crippen molar-refractivity contribution in [3.63, 3.8) is 0 Å². The van der Waals surface area contributed by atoms with E-state index >= 15 is 0 Å². The number of rotatable bonds is 7. The maximum absolute atomic E-state index is 12.4. The number of amides is 1. The molecule has 0 spiro atoms. The van der Waals surface area contributed by atoms with Crippen LogP contribution in [-0.2, 0) is 6.54 Å². The Labute approximate surface area is 153 Å².